The molecule has 4 aromatic rings. The third-order valence-electron chi connectivity index (χ3n) is 11.4. The van der Waals surface area contributed by atoms with Gasteiger partial charge in [0.1, 0.15) is 0 Å². The third kappa shape index (κ3) is 22.9. The smallest absolute Gasteiger partial charge is 0.0701 e. The average molecular weight is 1450 g/mol. The number of para-hydroxylation sites is 4. The average Bonchev–Trinajstić information content (AvgIpc) is 3.17. The van der Waals surface area contributed by atoms with Crippen LogP contribution >= 0.6 is 0 Å². The zero-order chi connectivity index (χ0) is 46.6. The van der Waals surface area contributed by atoms with Crippen LogP contribution in [0.25, 0.3) is 10.6 Å². The van der Waals surface area contributed by atoms with Gasteiger partial charge in [0.25, 0.3) is 0 Å². The van der Waals surface area contributed by atoms with Gasteiger partial charge < -0.3 is 57.4 Å². The molecule has 0 unspecified atom stereocenters. The molecule has 8 nitrogen and oxygen atoms in total. The van der Waals surface area contributed by atoms with Gasteiger partial charge in [0.15, 0.2) is 0 Å². The van der Waals surface area contributed by atoms with E-state index in [0.717, 1.165) is 45.6 Å². The monoisotopic (exact) mass is 1440 g/mol. The molecule has 4 rings (SSSR count). The molecule has 392 valence electrons. The van der Waals surface area contributed by atoms with Crippen LogP contribution in [0.1, 0.15) is 230 Å². The first kappa shape index (κ1) is 79.2. The Kier molecular flexibility index (Phi) is 42.5. The predicted molar refractivity (Wildman–Crippen MR) is 280 cm³/mol. The van der Waals surface area contributed by atoms with E-state index in [0.29, 0.717) is 47.3 Å². The fourth-order valence-electron chi connectivity index (χ4n) is 8.00. The van der Waals surface area contributed by atoms with Crippen molar-refractivity contribution in [3.05, 3.63) is 151 Å². The Morgan fingerprint density at radius 2 is 0.514 bits per heavy atom. The molecule has 4 aromatic carbocycles. The summed E-state index contributed by atoms with van der Waals surface area (Å²) in [5.41, 5.74) is 18.9. The summed E-state index contributed by atoms with van der Waals surface area (Å²) in [5, 5.41) is 10.2. The van der Waals surface area contributed by atoms with Crippen LogP contribution in [0.5, 0.6) is 0 Å². The summed E-state index contributed by atoms with van der Waals surface area (Å²) in [7, 11) is 0. The number of rotatable bonds is 16. The molecule has 0 aliphatic heterocycles. The first-order chi connectivity index (χ1) is 29.0. The van der Waals surface area contributed by atoms with Crippen molar-refractivity contribution in [1.29, 1.82) is 0 Å². The molecular formula is C58H82Cl2N4O4U2-12. The zero-order valence-corrected chi connectivity index (χ0v) is 55.7. The van der Waals surface area contributed by atoms with Crippen molar-refractivity contribution in [3.8, 4) is 0 Å². The Balaban J connectivity index is -0.000000263. The van der Waals surface area contributed by atoms with E-state index in [1.807, 2.05) is 0 Å². The molecule has 0 radical (unpaired) electrons. The van der Waals surface area contributed by atoms with E-state index >= 15 is 0 Å². The van der Waals surface area contributed by atoms with Gasteiger partial charge in [-0.2, -0.15) is 11.4 Å². The molecule has 0 aromatic heterocycles. The molecule has 0 saturated carbocycles. The van der Waals surface area contributed by atoms with Crippen LogP contribution in [-0.4, -0.2) is 11.4 Å². The van der Waals surface area contributed by atoms with Gasteiger partial charge in [0.2, 0.25) is 0 Å². The van der Waals surface area contributed by atoms with E-state index in [9.17, 15) is 0 Å². The molecule has 0 N–H and O–H groups in total. The summed E-state index contributed by atoms with van der Waals surface area (Å²) in [4.78, 5) is 10.2. The van der Waals surface area contributed by atoms with Gasteiger partial charge in [-0.3, -0.25) is 9.98 Å². The van der Waals surface area contributed by atoms with Crippen LogP contribution in [0.3, 0.4) is 0 Å². The summed E-state index contributed by atoms with van der Waals surface area (Å²) in [5.74, 6) is 3.49. The quantitative estimate of drug-likeness (QED) is 0.0975. The van der Waals surface area contributed by atoms with E-state index in [4.69, 9.17) is 20.6 Å². The Labute approximate surface area is 486 Å². The number of aliphatic imine (C=N–C) groups is 2. The molecule has 12 heteroatoms. The van der Waals surface area contributed by atoms with Gasteiger partial charge >= 0.3 is 0 Å². The second-order valence-electron chi connectivity index (χ2n) is 19.7. The SMILES string of the molecule is CC(/C=C(/C)[N-]c1c(C(C)C)cccc1C(C)C)=Nc1c(C(C)C)cccc1C(C)C.CC(/C=C(/C)[N-]c1c(C(C)C)cccc1C(C)C)=Nc1c(C(C)C)cccc1C(C)C.[Cl-].[Cl-].[O-2].[O-2].[O-2].[O-2].[U].[U]. The van der Waals surface area contributed by atoms with Gasteiger partial charge in [-0.15, -0.1) is 11.4 Å². The molecule has 0 bridgehead atoms. The first-order valence-corrected chi connectivity index (χ1v) is 23.5. The maximum atomic E-state index is 5.08. The van der Waals surface area contributed by atoms with Gasteiger partial charge in [0.05, 0.1) is 11.4 Å². The molecule has 0 saturated heterocycles. The van der Waals surface area contributed by atoms with Gasteiger partial charge in [-0.1, -0.05) is 232 Å². The summed E-state index contributed by atoms with van der Waals surface area (Å²) in [6, 6.07) is 26.3. The number of hydrogen-bond donors (Lipinski definition) is 0. The largest absolute Gasteiger partial charge is 2.00 e. The maximum absolute atomic E-state index is 5.08. The molecule has 0 fully saturated rings. The molecular weight excluding hydrogens is 1360 g/mol. The van der Waals surface area contributed by atoms with E-state index in [2.05, 4.69) is 223 Å². The third-order valence-corrected chi connectivity index (χ3v) is 11.4. The van der Waals surface area contributed by atoms with Crippen LogP contribution in [-0.2, 0) is 21.9 Å². The molecule has 0 amide bonds. The fourth-order valence-corrected chi connectivity index (χ4v) is 8.00. The van der Waals surface area contributed by atoms with Crippen molar-refractivity contribution < 1.29 is 109 Å². The maximum Gasteiger partial charge on any atom is 0.0701 e. The van der Waals surface area contributed by atoms with Gasteiger partial charge in [0, 0.05) is 73.6 Å². The van der Waals surface area contributed by atoms with E-state index < -0.39 is 0 Å². The van der Waals surface area contributed by atoms with Crippen LogP contribution < -0.4 is 24.8 Å². The van der Waals surface area contributed by atoms with Gasteiger partial charge in [-0.05, 0) is 83.4 Å². The topological polar surface area (TPSA) is 167 Å². The van der Waals surface area contributed by atoms with Crippen molar-refractivity contribution >= 4 is 34.2 Å². The van der Waals surface area contributed by atoms with E-state index in [-0.39, 0.29) is 109 Å². The molecule has 70 heavy (non-hydrogen) atoms. The normalized spacial score (nSPS) is 11.6. The molecule has 0 aliphatic carbocycles. The van der Waals surface area contributed by atoms with Crippen molar-refractivity contribution in [1.82, 2.24) is 0 Å². The minimum atomic E-state index is 0. The van der Waals surface area contributed by atoms with Crippen LogP contribution in [0.15, 0.2) is 106 Å². The Morgan fingerprint density at radius 3 is 0.686 bits per heavy atom. The van der Waals surface area contributed by atoms with E-state index in [1.165, 1.54) is 44.5 Å². The fraction of sp³-hybridized carbons (Fsp3) is 0.483. The minimum absolute atomic E-state index is 0. The zero-order valence-electron chi connectivity index (χ0n) is 45.9. The number of nitrogens with zero attached hydrogens (tertiary/aromatic N) is 4. The second kappa shape index (κ2) is 37.5. The first-order valence-electron chi connectivity index (χ1n) is 23.5. The van der Waals surface area contributed by atoms with Crippen LogP contribution in [0, 0.1) is 62.2 Å². The second-order valence-corrected chi connectivity index (χ2v) is 19.7. The Bertz CT molecular complexity index is 1990. The van der Waals surface area contributed by atoms with Crippen molar-refractivity contribution in [2.45, 2.75) is 186 Å². The van der Waals surface area contributed by atoms with Crippen LogP contribution in [0.4, 0.5) is 22.7 Å². The summed E-state index contributed by atoms with van der Waals surface area (Å²) in [6.07, 6.45) is 4.23. The van der Waals surface area contributed by atoms with Crippen molar-refractivity contribution in [2.75, 3.05) is 0 Å². The molecule has 0 heterocycles. The van der Waals surface area contributed by atoms with Crippen molar-refractivity contribution in [3.63, 3.8) is 0 Å². The molecule has 0 aliphatic rings. The number of hydrogen-bond acceptors (Lipinski definition) is 2. The van der Waals surface area contributed by atoms with E-state index in [1.54, 1.807) is 0 Å². The Morgan fingerprint density at radius 1 is 0.343 bits per heavy atom. The number of benzene rings is 4. The summed E-state index contributed by atoms with van der Waals surface area (Å²) >= 11 is 0. The number of allylic oxidation sites excluding steroid dienone is 4. The molecule has 0 spiro atoms. The Hall–Kier alpha value is -2.18. The number of halogens is 2. The summed E-state index contributed by atoms with van der Waals surface area (Å²) < 4.78 is 0. The standard InChI is InChI=1S/2C29H41N2.2ClH.4O.2U/c2*1-18(2)24-13-11-14-25(19(3)4)28(24)30-22(9)17-23(10)31-29-26(20(5)6)15-12-16-27(29)21(7)8;;;;;;;;/h2*11-21H,1-10H3;2*1H;;;;;;/q2*-1;;;4*-2;;/p-2/b2*22-17-,31-23?;;;;;;;;. The summed E-state index contributed by atoms with van der Waals surface area (Å²) in [6.45, 7) is 44.1. The van der Waals surface area contributed by atoms with Gasteiger partial charge in [-0.25, -0.2) is 0 Å². The molecule has 0 atom stereocenters. The predicted octanol–water partition coefficient (Wildman–Crippen LogP) is 13.3. The van der Waals surface area contributed by atoms with Crippen molar-refractivity contribution in [2.24, 2.45) is 9.98 Å². The minimum Gasteiger partial charge on any atom is -2.00 e. The van der Waals surface area contributed by atoms with Crippen LogP contribution in [0.2, 0.25) is 0 Å².